The number of aryl methyl sites for hydroxylation is 1. The number of amides is 1. The maximum Gasteiger partial charge on any atom is 0.407 e. The molecule has 0 bridgehead atoms. The highest BCUT2D eigenvalue weighted by Gasteiger charge is 2.33. The summed E-state index contributed by atoms with van der Waals surface area (Å²) in [7, 11) is 1.87. The molecule has 3 rings (SSSR count). The number of carbonyl (C=O) groups is 1. The molecular formula is C14H17N3O3. The molecule has 1 aliphatic rings. The molecule has 0 aliphatic carbocycles. The van der Waals surface area contributed by atoms with Gasteiger partial charge in [0.15, 0.2) is 0 Å². The van der Waals surface area contributed by atoms with Crippen molar-refractivity contribution in [3.05, 3.63) is 24.4 Å². The van der Waals surface area contributed by atoms with Gasteiger partial charge < -0.3 is 14.7 Å². The lowest BCUT2D eigenvalue weighted by molar-refractivity contribution is 0.137. The van der Waals surface area contributed by atoms with Gasteiger partial charge in [-0.25, -0.2) is 4.79 Å². The molecule has 0 unspecified atom stereocenters. The van der Waals surface area contributed by atoms with Crippen molar-refractivity contribution in [1.82, 2.24) is 14.7 Å². The predicted molar refractivity (Wildman–Crippen MR) is 73.9 cm³/mol. The van der Waals surface area contributed by atoms with Crippen LogP contribution in [0.2, 0.25) is 0 Å². The van der Waals surface area contributed by atoms with Crippen LogP contribution < -0.4 is 4.74 Å². The van der Waals surface area contributed by atoms with Gasteiger partial charge >= 0.3 is 6.09 Å². The Balaban J connectivity index is 1.82. The molecule has 2 heterocycles. The summed E-state index contributed by atoms with van der Waals surface area (Å²) >= 11 is 0. The first-order valence-electron chi connectivity index (χ1n) is 6.63. The van der Waals surface area contributed by atoms with Crippen LogP contribution in [0.25, 0.3) is 10.9 Å². The summed E-state index contributed by atoms with van der Waals surface area (Å²) in [6.07, 6.45) is 1.63. The van der Waals surface area contributed by atoms with Gasteiger partial charge in [0.05, 0.1) is 6.54 Å². The minimum absolute atomic E-state index is 0.0135. The van der Waals surface area contributed by atoms with Crippen LogP contribution in [-0.2, 0) is 7.05 Å². The highest BCUT2D eigenvalue weighted by molar-refractivity contribution is 5.84. The fourth-order valence-corrected chi connectivity index (χ4v) is 2.75. The summed E-state index contributed by atoms with van der Waals surface area (Å²) in [5, 5.41) is 14.5. The molecule has 1 saturated heterocycles. The molecule has 1 N–H and O–H groups in total. The number of hydrogen-bond donors (Lipinski definition) is 1. The van der Waals surface area contributed by atoms with E-state index in [0.29, 0.717) is 18.7 Å². The van der Waals surface area contributed by atoms with Gasteiger partial charge in [-0.15, -0.1) is 0 Å². The maximum absolute atomic E-state index is 11.1. The van der Waals surface area contributed by atoms with Crippen molar-refractivity contribution in [2.45, 2.75) is 25.5 Å². The van der Waals surface area contributed by atoms with E-state index in [-0.39, 0.29) is 12.1 Å². The van der Waals surface area contributed by atoms with E-state index in [4.69, 9.17) is 9.84 Å². The third kappa shape index (κ3) is 2.17. The number of likely N-dealkylation sites (tertiary alicyclic amines) is 1. The van der Waals surface area contributed by atoms with Crippen LogP contribution in [0.1, 0.15) is 13.3 Å². The van der Waals surface area contributed by atoms with Crippen LogP contribution in [-0.4, -0.2) is 44.6 Å². The first kappa shape index (κ1) is 12.8. The molecule has 0 radical (unpaired) electrons. The molecule has 2 aromatic rings. The molecule has 0 saturated carbocycles. The van der Waals surface area contributed by atoms with Crippen molar-refractivity contribution in [2.24, 2.45) is 7.05 Å². The summed E-state index contributed by atoms with van der Waals surface area (Å²) in [5.41, 5.74) is 0.816. The Morgan fingerprint density at radius 3 is 3.00 bits per heavy atom. The standard InChI is InChI=1S/C14H17N3O3/c1-9-6-11(8-17(9)14(18)19)20-12-5-3-4-10-7-16(2)15-13(10)12/h3-5,7,9,11H,6,8H2,1-2H3,(H,18,19)/t9-,11+/m0/s1. The summed E-state index contributed by atoms with van der Waals surface area (Å²) < 4.78 is 7.72. The van der Waals surface area contributed by atoms with Crippen LogP contribution in [0.15, 0.2) is 24.4 Å². The summed E-state index contributed by atoms with van der Waals surface area (Å²) in [5.74, 6) is 0.715. The van der Waals surface area contributed by atoms with Crippen LogP contribution in [0.3, 0.4) is 0 Å². The number of ether oxygens (including phenoxy) is 1. The smallest absolute Gasteiger partial charge is 0.407 e. The zero-order valence-corrected chi connectivity index (χ0v) is 11.5. The quantitative estimate of drug-likeness (QED) is 0.911. The van der Waals surface area contributed by atoms with Crippen molar-refractivity contribution in [1.29, 1.82) is 0 Å². The molecule has 106 valence electrons. The Bertz CT molecular complexity index is 652. The lowest BCUT2D eigenvalue weighted by atomic mass is 10.2. The summed E-state index contributed by atoms with van der Waals surface area (Å²) in [6.45, 7) is 2.30. The van der Waals surface area contributed by atoms with Gasteiger partial charge in [-0.2, -0.15) is 5.10 Å². The van der Waals surface area contributed by atoms with Crippen LogP contribution in [0, 0.1) is 0 Å². The van der Waals surface area contributed by atoms with Crippen molar-refractivity contribution in [2.75, 3.05) is 6.54 Å². The van der Waals surface area contributed by atoms with E-state index >= 15 is 0 Å². The van der Waals surface area contributed by atoms with Crippen LogP contribution >= 0.6 is 0 Å². The van der Waals surface area contributed by atoms with Crippen molar-refractivity contribution in [3.8, 4) is 5.75 Å². The van der Waals surface area contributed by atoms with Crippen molar-refractivity contribution >= 4 is 17.0 Å². The predicted octanol–water partition coefficient (Wildman–Crippen LogP) is 2.09. The summed E-state index contributed by atoms with van der Waals surface area (Å²) in [6, 6.07) is 5.77. The van der Waals surface area contributed by atoms with Crippen molar-refractivity contribution in [3.63, 3.8) is 0 Å². The van der Waals surface area contributed by atoms with E-state index in [1.807, 2.05) is 38.4 Å². The van der Waals surface area contributed by atoms with E-state index < -0.39 is 6.09 Å². The average Bonchev–Trinajstić information content (AvgIpc) is 2.92. The highest BCUT2D eigenvalue weighted by Crippen LogP contribution is 2.28. The van der Waals surface area contributed by atoms with Crippen molar-refractivity contribution < 1.29 is 14.6 Å². The van der Waals surface area contributed by atoms with E-state index in [9.17, 15) is 4.79 Å². The Morgan fingerprint density at radius 2 is 2.30 bits per heavy atom. The number of fused-ring (bicyclic) bond motifs is 1. The molecule has 6 heteroatoms. The monoisotopic (exact) mass is 275 g/mol. The second-order valence-electron chi connectivity index (χ2n) is 5.26. The second kappa shape index (κ2) is 4.70. The zero-order chi connectivity index (χ0) is 14.3. The molecule has 1 aromatic carbocycles. The van der Waals surface area contributed by atoms with Gasteiger partial charge in [0, 0.05) is 31.1 Å². The van der Waals surface area contributed by atoms with Gasteiger partial charge in [-0.3, -0.25) is 4.68 Å². The van der Waals surface area contributed by atoms with E-state index in [2.05, 4.69) is 5.10 Å². The van der Waals surface area contributed by atoms with Crippen LogP contribution in [0.4, 0.5) is 4.79 Å². The minimum atomic E-state index is -0.889. The van der Waals surface area contributed by atoms with E-state index in [1.165, 1.54) is 4.90 Å². The Morgan fingerprint density at radius 1 is 1.50 bits per heavy atom. The highest BCUT2D eigenvalue weighted by atomic mass is 16.5. The van der Waals surface area contributed by atoms with Gasteiger partial charge in [0.2, 0.25) is 0 Å². The normalized spacial score (nSPS) is 22.4. The van der Waals surface area contributed by atoms with Crippen LogP contribution in [0.5, 0.6) is 5.75 Å². The van der Waals surface area contributed by atoms with Gasteiger partial charge in [0.1, 0.15) is 17.4 Å². The topological polar surface area (TPSA) is 67.6 Å². The molecule has 20 heavy (non-hydrogen) atoms. The average molecular weight is 275 g/mol. The Kier molecular flexibility index (Phi) is 3.00. The largest absolute Gasteiger partial charge is 0.486 e. The second-order valence-corrected chi connectivity index (χ2v) is 5.26. The molecular weight excluding hydrogens is 258 g/mol. The Labute approximate surface area is 116 Å². The number of carboxylic acid groups (broad SMARTS) is 1. The molecule has 1 fully saturated rings. The fourth-order valence-electron chi connectivity index (χ4n) is 2.75. The van der Waals surface area contributed by atoms with E-state index in [1.54, 1.807) is 4.68 Å². The molecule has 0 spiro atoms. The molecule has 2 atom stereocenters. The number of hydrogen-bond acceptors (Lipinski definition) is 3. The number of benzene rings is 1. The lowest BCUT2D eigenvalue weighted by Crippen LogP contribution is -2.33. The van der Waals surface area contributed by atoms with Gasteiger partial charge in [-0.1, -0.05) is 12.1 Å². The number of nitrogens with zero attached hydrogens (tertiary/aromatic N) is 3. The fraction of sp³-hybridized carbons (Fsp3) is 0.429. The zero-order valence-electron chi connectivity index (χ0n) is 11.5. The summed E-state index contributed by atoms with van der Waals surface area (Å²) in [4.78, 5) is 12.5. The minimum Gasteiger partial charge on any atom is -0.486 e. The van der Waals surface area contributed by atoms with Gasteiger partial charge in [0.25, 0.3) is 0 Å². The molecule has 6 nitrogen and oxygen atoms in total. The number of rotatable bonds is 2. The third-order valence-corrected chi connectivity index (χ3v) is 3.69. The molecule has 1 aliphatic heterocycles. The SMILES string of the molecule is C[C@H]1C[C@@H](Oc2cccc3cn(C)nc23)CN1C(=O)O. The molecule has 1 aromatic heterocycles. The van der Waals surface area contributed by atoms with Gasteiger partial charge in [-0.05, 0) is 13.0 Å². The first-order chi connectivity index (χ1) is 9.54. The Hall–Kier alpha value is -2.24. The number of aromatic nitrogens is 2. The van der Waals surface area contributed by atoms with E-state index in [0.717, 1.165) is 10.9 Å². The lowest BCUT2D eigenvalue weighted by Gasteiger charge is -2.16. The maximum atomic E-state index is 11.1. The molecule has 1 amide bonds. The first-order valence-corrected chi connectivity index (χ1v) is 6.63. The third-order valence-electron chi connectivity index (χ3n) is 3.69.